The van der Waals surface area contributed by atoms with Crippen molar-refractivity contribution in [2.24, 2.45) is 5.14 Å². The van der Waals surface area contributed by atoms with E-state index >= 15 is 0 Å². The first-order valence-corrected chi connectivity index (χ1v) is 9.75. The van der Waals surface area contributed by atoms with E-state index < -0.39 is 34.3 Å². The molecule has 28 heavy (non-hydrogen) atoms. The molecule has 0 saturated heterocycles. The lowest BCUT2D eigenvalue weighted by Gasteiger charge is -2.05. The lowest BCUT2D eigenvalue weighted by Crippen LogP contribution is -2.10. The van der Waals surface area contributed by atoms with Crippen LogP contribution in [0.5, 0.6) is 0 Å². The molecule has 8 nitrogen and oxygen atoms in total. The Kier molecular flexibility index (Phi) is 5.23. The molecule has 0 unspecified atom stereocenters. The second-order valence-corrected chi connectivity index (χ2v) is 8.06. The number of hydrogen-bond donors (Lipinski definition) is 1. The van der Waals surface area contributed by atoms with Crippen LogP contribution in [-0.4, -0.2) is 24.5 Å². The van der Waals surface area contributed by atoms with Gasteiger partial charge in [0.25, 0.3) is 5.89 Å². The maximum absolute atomic E-state index is 12.6. The molecule has 0 saturated carbocycles. The van der Waals surface area contributed by atoms with Crippen molar-refractivity contribution in [3.63, 3.8) is 0 Å². The maximum Gasteiger partial charge on any atom is 0.416 e. The first-order valence-electron chi connectivity index (χ1n) is 7.33. The third-order valence-electron chi connectivity index (χ3n) is 3.36. The first kappa shape index (κ1) is 20.0. The minimum absolute atomic E-state index is 0.0171. The summed E-state index contributed by atoms with van der Waals surface area (Å²) in [5.74, 6) is -0.905. The molecular formula is C15H10F3N3O5S2. The lowest BCUT2D eigenvalue weighted by atomic mass is 10.1. The number of sulfonamides is 1. The Morgan fingerprint density at radius 2 is 1.93 bits per heavy atom. The number of carbonyl (C=O) groups excluding carboxylic acids is 1. The molecule has 0 aliphatic carbocycles. The van der Waals surface area contributed by atoms with Crippen LogP contribution in [-0.2, 0) is 27.5 Å². The summed E-state index contributed by atoms with van der Waals surface area (Å²) >= 11 is 0.765. The van der Waals surface area contributed by atoms with E-state index in [2.05, 4.69) is 10.1 Å². The van der Waals surface area contributed by atoms with Gasteiger partial charge in [-0.1, -0.05) is 17.3 Å². The summed E-state index contributed by atoms with van der Waals surface area (Å²) < 4.78 is 69.8. The molecule has 0 amide bonds. The Morgan fingerprint density at radius 1 is 1.25 bits per heavy atom. The number of rotatable bonds is 5. The lowest BCUT2D eigenvalue weighted by molar-refractivity contribution is -0.137. The van der Waals surface area contributed by atoms with E-state index in [0.717, 1.165) is 29.5 Å². The quantitative estimate of drug-likeness (QED) is 0.613. The molecular weight excluding hydrogens is 423 g/mol. The number of benzene rings is 1. The molecule has 0 bridgehead atoms. The molecule has 0 spiro atoms. The third-order valence-corrected chi connectivity index (χ3v) is 5.74. The van der Waals surface area contributed by atoms with Crippen molar-refractivity contribution in [2.45, 2.75) is 17.0 Å². The molecule has 2 aromatic heterocycles. The minimum atomic E-state index is -4.46. The number of alkyl halides is 3. The number of nitrogens with zero attached hydrogens (tertiary/aromatic N) is 2. The van der Waals surface area contributed by atoms with Crippen LogP contribution in [0.1, 0.15) is 21.8 Å². The number of nitrogens with two attached hydrogens (primary N) is 1. The van der Waals surface area contributed by atoms with Gasteiger partial charge < -0.3 is 9.26 Å². The molecule has 1 aromatic carbocycles. The Morgan fingerprint density at radius 3 is 2.50 bits per heavy atom. The van der Waals surface area contributed by atoms with Crippen LogP contribution < -0.4 is 5.14 Å². The second kappa shape index (κ2) is 7.33. The van der Waals surface area contributed by atoms with E-state index in [-0.39, 0.29) is 27.1 Å². The van der Waals surface area contributed by atoms with E-state index in [1.165, 1.54) is 17.5 Å². The van der Waals surface area contributed by atoms with Crippen LogP contribution in [0.4, 0.5) is 13.2 Å². The molecule has 0 atom stereocenters. The van der Waals surface area contributed by atoms with Gasteiger partial charge >= 0.3 is 12.1 Å². The number of esters is 1. The summed E-state index contributed by atoms with van der Waals surface area (Å²) in [6, 6.07) is 5.20. The zero-order valence-corrected chi connectivity index (χ0v) is 15.3. The van der Waals surface area contributed by atoms with E-state index in [1.807, 2.05) is 0 Å². The van der Waals surface area contributed by atoms with Crippen LogP contribution >= 0.6 is 11.3 Å². The third kappa shape index (κ3) is 4.55. The zero-order chi connectivity index (χ0) is 20.5. The van der Waals surface area contributed by atoms with Gasteiger partial charge in [0, 0.05) is 10.9 Å². The standard InChI is InChI=1S/C15H10F3N3O5S2/c16-15(17,18)10-3-1-8(2-4-10)13-20-11(26-21-13)6-25-14(22)9-5-12(27-7-9)28(19,23)24/h1-5,7H,6H2,(H2,19,23,24). The number of aromatic nitrogens is 2. The van der Waals surface area contributed by atoms with Crippen molar-refractivity contribution < 1.29 is 35.6 Å². The number of primary sulfonamides is 1. The molecule has 13 heteroatoms. The summed E-state index contributed by atoms with van der Waals surface area (Å²) in [7, 11) is -3.92. The van der Waals surface area contributed by atoms with Gasteiger partial charge in [0.1, 0.15) is 4.21 Å². The summed E-state index contributed by atoms with van der Waals surface area (Å²) in [5.41, 5.74) is -0.551. The van der Waals surface area contributed by atoms with Gasteiger partial charge in [-0.25, -0.2) is 18.4 Å². The Bertz CT molecular complexity index is 1100. The van der Waals surface area contributed by atoms with Gasteiger partial charge in [-0.05, 0) is 18.2 Å². The topological polar surface area (TPSA) is 125 Å². The van der Waals surface area contributed by atoms with E-state index in [4.69, 9.17) is 14.4 Å². The van der Waals surface area contributed by atoms with Crippen LogP contribution in [0, 0.1) is 0 Å². The highest BCUT2D eigenvalue weighted by atomic mass is 32.2. The molecule has 0 aliphatic rings. The van der Waals surface area contributed by atoms with E-state index in [9.17, 15) is 26.4 Å². The molecule has 2 N–H and O–H groups in total. The van der Waals surface area contributed by atoms with Gasteiger partial charge in [0.2, 0.25) is 15.8 Å². The first-order chi connectivity index (χ1) is 13.0. The van der Waals surface area contributed by atoms with Crippen LogP contribution in [0.15, 0.2) is 44.4 Å². The second-order valence-electron chi connectivity index (χ2n) is 5.36. The molecule has 3 rings (SSSR count). The predicted molar refractivity (Wildman–Crippen MR) is 89.5 cm³/mol. The Balaban J connectivity index is 1.65. The Labute approximate surface area is 159 Å². The molecule has 0 aliphatic heterocycles. The number of hydrogen-bond acceptors (Lipinski definition) is 8. The fourth-order valence-corrected chi connectivity index (χ4v) is 3.60. The van der Waals surface area contributed by atoms with Gasteiger partial charge in [0.05, 0.1) is 11.1 Å². The molecule has 148 valence electrons. The van der Waals surface area contributed by atoms with Gasteiger partial charge in [-0.3, -0.25) is 0 Å². The van der Waals surface area contributed by atoms with Crippen molar-refractivity contribution >= 4 is 27.3 Å². The normalized spacial score (nSPS) is 12.1. The summed E-state index contributed by atoms with van der Waals surface area (Å²) in [6.07, 6.45) is -4.46. The molecule has 3 aromatic rings. The molecule has 2 heterocycles. The SMILES string of the molecule is NS(=O)(=O)c1cc(C(=O)OCc2nc(-c3ccc(C(F)(F)F)cc3)no2)cs1. The van der Waals surface area contributed by atoms with Gasteiger partial charge in [-0.2, -0.15) is 18.2 Å². The van der Waals surface area contributed by atoms with E-state index in [1.54, 1.807) is 0 Å². The van der Waals surface area contributed by atoms with Crippen molar-refractivity contribution in [1.82, 2.24) is 10.1 Å². The van der Waals surface area contributed by atoms with Crippen molar-refractivity contribution in [3.05, 3.63) is 52.7 Å². The fourth-order valence-electron chi connectivity index (χ4n) is 2.02. The largest absolute Gasteiger partial charge is 0.452 e. The smallest absolute Gasteiger partial charge is 0.416 e. The minimum Gasteiger partial charge on any atom is -0.452 e. The predicted octanol–water partition coefficient (Wildman–Crippen LogP) is 2.82. The molecule has 0 radical (unpaired) electrons. The van der Waals surface area contributed by atoms with Crippen molar-refractivity contribution in [2.75, 3.05) is 0 Å². The van der Waals surface area contributed by atoms with Crippen molar-refractivity contribution in [3.8, 4) is 11.4 Å². The van der Waals surface area contributed by atoms with E-state index in [0.29, 0.717) is 0 Å². The number of thiophene rings is 1. The Hall–Kier alpha value is -2.77. The number of ether oxygens (including phenoxy) is 1. The van der Waals surface area contributed by atoms with Gasteiger partial charge in [-0.15, -0.1) is 11.3 Å². The monoisotopic (exact) mass is 433 g/mol. The zero-order valence-electron chi connectivity index (χ0n) is 13.6. The average molecular weight is 433 g/mol. The highest BCUT2D eigenvalue weighted by molar-refractivity contribution is 7.91. The highest BCUT2D eigenvalue weighted by Crippen LogP contribution is 2.30. The highest BCUT2D eigenvalue weighted by Gasteiger charge is 2.30. The maximum atomic E-state index is 12.6. The number of halogens is 3. The summed E-state index contributed by atoms with van der Waals surface area (Å²) in [6.45, 7) is -0.410. The average Bonchev–Trinajstić information content (AvgIpc) is 3.28. The number of carbonyl (C=O) groups is 1. The van der Waals surface area contributed by atoms with Crippen LogP contribution in [0.3, 0.4) is 0 Å². The summed E-state index contributed by atoms with van der Waals surface area (Å²) in [4.78, 5) is 15.9. The van der Waals surface area contributed by atoms with Crippen LogP contribution in [0.25, 0.3) is 11.4 Å². The molecule has 0 fully saturated rings. The van der Waals surface area contributed by atoms with Crippen molar-refractivity contribution in [1.29, 1.82) is 0 Å². The summed E-state index contributed by atoms with van der Waals surface area (Å²) in [5, 5.41) is 9.84. The fraction of sp³-hybridized carbons (Fsp3) is 0.133. The van der Waals surface area contributed by atoms with Gasteiger partial charge in [0.15, 0.2) is 6.61 Å². The van der Waals surface area contributed by atoms with Crippen LogP contribution in [0.2, 0.25) is 0 Å².